The van der Waals surface area contributed by atoms with Crippen molar-refractivity contribution in [3.8, 4) is 11.5 Å². The highest BCUT2D eigenvalue weighted by molar-refractivity contribution is 7.99. The molecule has 2 aromatic carbocycles. The van der Waals surface area contributed by atoms with Crippen molar-refractivity contribution in [1.82, 2.24) is 10.3 Å². The molecule has 0 unspecified atom stereocenters. The third-order valence-corrected chi connectivity index (χ3v) is 4.50. The molecule has 29 heavy (non-hydrogen) atoms. The minimum atomic E-state index is -0.530. The minimum absolute atomic E-state index is 0.00296. The Morgan fingerprint density at radius 1 is 1.10 bits per heavy atom. The average Bonchev–Trinajstić information content (AvgIpc) is 3.17. The van der Waals surface area contributed by atoms with E-state index in [4.69, 9.17) is 18.6 Å². The van der Waals surface area contributed by atoms with Crippen LogP contribution >= 0.6 is 11.8 Å². The zero-order valence-electron chi connectivity index (χ0n) is 15.8. The van der Waals surface area contributed by atoms with Crippen molar-refractivity contribution in [1.29, 1.82) is 0 Å². The molecule has 1 N–H and O–H groups in total. The van der Waals surface area contributed by atoms with Crippen molar-refractivity contribution in [2.45, 2.75) is 5.22 Å². The number of thioether (sulfide) groups is 1. The topological polar surface area (TPSA) is 99.9 Å². The summed E-state index contributed by atoms with van der Waals surface area (Å²) in [6.07, 6.45) is 0. The fraction of sp³-hybridized carbons (Fsp3) is 0.250. The highest BCUT2D eigenvalue weighted by atomic mass is 32.2. The lowest BCUT2D eigenvalue weighted by Gasteiger charge is -2.11. The van der Waals surface area contributed by atoms with E-state index >= 15 is 0 Å². The number of rotatable bonds is 10. The zero-order valence-corrected chi connectivity index (χ0v) is 16.6. The molecule has 0 aliphatic heterocycles. The van der Waals surface area contributed by atoms with Crippen LogP contribution in [0.3, 0.4) is 0 Å². The van der Waals surface area contributed by atoms with Crippen LogP contribution in [0, 0.1) is 0 Å². The van der Waals surface area contributed by atoms with E-state index in [2.05, 4.69) is 10.3 Å². The molecule has 0 bridgehead atoms. The number of methoxy groups -OCH3 is 1. The molecule has 1 amide bonds. The molecule has 0 saturated carbocycles. The molecule has 3 aromatic rings. The lowest BCUT2D eigenvalue weighted by molar-refractivity contribution is -0.145. The van der Waals surface area contributed by atoms with Crippen LogP contribution in [0.15, 0.2) is 58.2 Å². The van der Waals surface area contributed by atoms with Crippen LogP contribution in [-0.4, -0.2) is 49.5 Å². The van der Waals surface area contributed by atoms with Crippen molar-refractivity contribution >= 4 is 34.7 Å². The van der Waals surface area contributed by atoms with Gasteiger partial charge in [0.1, 0.15) is 17.9 Å². The van der Waals surface area contributed by atoms with Gasteiger partial charge >= 0.3 is 5.97 Å². The molecule has 0 fully saturated rings. The number of oxazole rings is 1. The number of carbonyl (C=O) groups is 2. The summed E-state index contributed by atoms with van der Waals surface area (Å²) >= 11 is 1.11. The molecule has 0 atom stereocenters. The normalized spacial score (nSPS) is 10.5. The van der Waals surface area contributed by atoms with E-state index < -0.39 is 11.9 Å². The third-order valence-electron chi connectivity index (χ3n) is 3.70. The van der Waals surface area contributed by atoms with Crippen LogP contribution in [0.5, 0.6) is 11.5 Å². The molecule has 0 spiro atoms. The lowest BCUT2D eigenvalue weighted by atomic mass is 10.3. The third kappa shape index (κ3) is 6.15. The van der Waals surface area contributed by atoms with Crippen molar-refractivity contribution < 1.29 is 28.2 Å². The predicted octanol–water partition coefficient (Wildman–Crippen LogP) is 2.67. The molecular formula is C20H20N2O6S. The summed E-state index contributed by atoms with van der Waals surface area (Å²) in [7, 11) is 1.56. The van der Waals surface area contributed by atoms with Crippen molar-refractivity contribution in [2.24, 2.45) is 0 Å². The number of benzene rings is 2. The Bertz CT molecular complexity index is 941. The number of ether oxygens (including phenoxy) is 3. The summed E-state index contributed by atoms with van der Waals surface area (Å²) in [5, 5.41) is 2.99. The summed E-state index contributed by atoms with van der Waals surface area (Å²) < 4.78 is 21.2. The highest BCUT2D eigenvalue weighted by Crippen LogP contribution is 2.25. The molecule has 152 valence electrons. The summed E-state index contributed by atoms with van der Waals surface area (Å²) in [6.45, 7) is 0.168. The molecule has 0 saturated heterocycles. The predicted molar refractivity (Wildman–Crippen MR) is 107 cm³/mol. The second-order valence-electron chi connectivity index (χ2n) is 5.75. The second-order valence-corrected chi connectivity index (χ2v) is 6.67. The van der Waals surface area contributed by atoms with E-state index in [-0.39, 0.29) is 25.5 Å². The second kappa shape index (κ2) is 10.4. The largest absolute Gasteiger partial charge is 0.493 e. The maximum absolute atomic E-state index is 11.8. The first-order chi connectivity index (χ1) is 14.2. The Kier molecular flexibility index (Phi) is 7.34. The van der Waals surface area contributed by atoms with Gasteiger partial charge in [-0.25, -0.2) is 4.98 Å². The number of nitrogens with zero attached hydrogens (tertiary/aromatic N) is 1. The summed E-state index contributed by atoms with van der Waals surface area (Å²) in [4.78, 5) is 27.8. The van der Waals surface area contributed by atoms with Crippen LogP contribution < -0.4 is 14.8 Å². The van der Waals surface area contributed by atoms with E-state index in [0.717, 1.165) is 17.3 Å². The van der Waals surface area contributed by atoms with Gasteiger partial charge in [-0.15, -0.1) is 0 Å². The van der Waals surface area contributed by atoms with E-state index in [1.165, 1.54) is 0 Å². The van der Waals surface area contributed by atoms with Crippen molar-refractivity contribution in [3.05, 3.63) is 48.5 Å². The molecule has 8 nitrogen and oxygen atoms in total. The monoisotopic (exact) mass is 416 g/mol. The van der Waals surface area contributed by atoms with Gasteiger partial charge in [0.25, 0.3) is 11.1 Å². The summed E-state index contributed by atoms with van der Waals surface area (Å²) in [6, 6.07) is 14.5. The Balaban J connectivity index is 1.31. The maximum atomic E-state index is 11.8. The SMILES string of the molecule is COc1ccccc1OCCNC(=O)COC(=O)CSc1nc2ccccc2o1. The van der Waals surface area contributed by atoms with Crippen LogP contribution in [0.4, 0.5) is 0 Å². The van der Waals surface area contributed by atoms with E-state index in [1.807, 2.05) is 30.3 Å². The molecule has 0 aliphatic carbocycles. The van der Waals surface area contributed by atoms with Crippen molar-refractivity contribution in [3.63, 3.8) is 0 Å². The maximum Gasteiger partial charge on any atom is 0.316 e. The van der Waals surface area contributed by atoms with Gasteiger partial charge in [0.15, 0.2) is 23.7 Å². The van der Waals surface area contributed by atoms with Gasteiger partial charge in [-0.3, -0.25) is 9.59 Å². The molecule has 0 aliphatic rings. The zero-order chi connectivity index (χ0) is 20.5. The first kappa shape index (κ1) is 20.5. The number of fused-ring (bicyclic) bond motifs is 1. The average molecular weight is 416 g/mol. The smallest absolute Gasteiger partial charge is 0.316 e. The Morgan fingerprint density at radius 2 is 1.86 bits per heavy atom. The van der Waals surface area contributed by atoms with Crippen LogP contribution in [0.1, 0.15) is 0 Å². The Hall–Kier alpha value is -3.20. The highest BCUT2D eigenvalue weighted by Gasteiger charge is 2.12. The molecular weight excluding hydrogens is 396 g/mol. The number of para-hydroxylation sites is 4. The fourth-order valence-electron chi connectivity index (χ4n) is 2.36. The first-order valence-electron chi connectivity index (χ1n) is 8.82. The van der Waals surface area contributed by atoms with E-state index in [9.17, 15) is 9.59 Å². The number of aromatic nitrogens is 1. The van der Waals surface area contributed by atoms with E-state index in [0.29, 0.717) is 22.3 Å². The Morgan fingerprint density at radius 3 is 2.66 bits per heavy atom. The van der Waals surface area contributed by atoms with Crippen LogP contribution in [-0.2, 0) is 14.3 Å². The van der Waals surface area contributed by atoms with Gasteiger partial charge in [-0.1, -0.05) is 36.0 Å². The quantitative estimate of drug-likeness (QED) is 0.306. The van der Waals surface area contributed by atoms with Gasteiger partial charge in [0.05, 0.1) is 13.7 Å². The number of hydrogen-bond acceptors (Lipinski definition) is 8. The molecule has 9 heteroatoms. The van der Waals surface area contributed by atoms with Gasteiger partial charge in [0, 0.05) is 0 Å². The number of hydrogen-bond donors (Lipinski definition) is 1. The number of amides is 1. The minimum Gasteiger partial charge on any atom is -0.493 e. The van der Waals surface area contributed by atoms with Gasteiger partial charge in [-0.2, -0.15) is 0 Å². The Labute approximate surface area is 171 Å². The van der Waals surface area contributed by atoms with Crippen molar-refractivity contribution in [2.75, 3.05) is 32.6 Å². The number of esters is 1. The molecule has 0 radical (unpaired) electrons. The first-order valence-corrected chi connectivity index (χ1v) is 9.81. The molecule has 3 rings (SSSR count). The van der Waals surface area contributed by atoms with Gasteiger partial charge in [-0.05, 0) is 24.3 Å². The van der Waals surface area contributed by atoms with Gasteiger partial charge in [0.2, 0.25) is 0 Å². The van der Waals surface area contributed by atoms with Gasteiger partial charge < -0.3 is 23.9 Å². The van der Waals surface area contributed by atoms with Crippen LogP contribution in [0.2, 0.25) is 0 Å². The number of nitrogens with one attached hydrogen (secondary N) is 1. The van der Waals surface area contributed by atoms with E-state index in [1.54, 1.807) is 25.3 Å². The molecule has 1 aromatic heterocycles. The summed E-state index contributed by atoms with van der Waals surface area (Å²) in [5.41, 5.74) is 1.37. The summed E-state index contributed by atoms with van der Waals surface area (Å²) in [5.74, 6) is 0.263. The lowest BCUT2D eigenvalue weighted by Crippen LogP contribution is -2.32. The number of carbonyl (C=O) groups excluding carboxylic acids is 2. The standard InChI is InChI=1S/C20H20N2O6S/c1-25-16-8-4-5-9-17(16)26-11-10-21-18(23)12-27-19(24)13-29-20-22-14-6-2-3-7-15(14)28-20/h2-9H,10-13H2,1H3,(H,21,23). The molecule has 1 heterocycles. The fourth-order valence-corrected chi connectivity index (χ4v) is 3.00. The van der Waals surface area contributed by atoms with Crippen LogP contribution in [0.25, 0.3) is 11.1 Å².